The summed E-state index contributed by atoms with van der Waals surface area (Å²) in [6.07, 6.45) is 5.63. The summed E-state index contributed by atoms with van der Waals surface area (Å²) in [7, 11) is 0. The maximum Gasteiger partial charge on any atom is 0.0720 e. The number of anilines is 2. The molecule has 0 spiro atoms. The number of benzene rings is 1. The molecule has 3 atom stereocenters. The fourth-order valence-electron chi connectivity index (χ4n) is 3.62. The first kappa shape index (κ1) is 12.4. The zero-order valence-corrected chi connectivity index (χ0v) is 11.8. The molecule has 2 aliphatic rings. The molecule has 2 bridgehead atoms. The lowest BCUT2D eigenvalue weighted by Crippen LogP contribution is -2.20. The van der Waals surface area contributed by atoms with Gasteiger partial charge in [-0.05, 0) is 49.1 Å². The number of hydrogen-bond donors (Lipinski definition) is 2. The van der Waals surface area contributed by atoms with Crippen molar-refractivity contribution in [2.75, 3.05) is 17.6 Å². The standard InChI is InChI=1S/C14H18Cl2N2/c15-12-5-11(17)6-13(16)14(12)18-7-10-4-8-1-2-9(10)3-8/h5-6,8-10,18H,1-4,7,17H2. The Balaban J connectivity index is 1.67. The van der Waals surface area contributed by atoms with Gasteiger partial charge in [-0.3, -0.25) is 0 Å². The molecule has 1 aromatic rings. The lowest BCUT2D eigenvalue weighted by molar-refractivity contribution is 0.348. The molecule has 3 rings (SSSR count). The van der Waals surface area contributed by atoms with Gasteiger partial charge in [-0.2, -0.15) is 0 Å². The zero-order valence-electron chi connectivity index (χ0n) is 10.3. The summed E-state index contributed by atoms with van der Waals surface area (Å²) in [6.45, 7) is 0.977. The minimum absolute atomic E-state index is 0.607. The van der Waals surface area contributed by atoms with Crippen LogP contribution in [-0.2, 0) is 0 Å². The first-order valence-corrected chi connectivity index (χ1v) is 7.37. The Labute approximate surface area is 118 Å². The third-order valence-corrected chi connectivity index (χ3v) is 5.09. The molecule has 0 amide bonds. The largest absolute Gasteiger partial charge is 0.399 e. The number of nitrogens with one attached hydrogen (secondary N) is 1. The number of nitrogens with two attached hydrogens (primary N) is 1. The Morgan fingerprint density at radius 1 is 1.17 bits per heavy atom. The molecule has 1 aromatic carbocycles. The Morgan fingerprint density at radius 2 is 1.89 bits per heavy atom. The first-order valence-electron chi connectivity index (χ1n) is 6.62. The van der Waals surface area contributed by atoms with Crippen molar-refractivity contribution in [1.82, 2.24) is 0 Å². The summed E-state index contributed by atoms with van der Waals surface area (Å²) in [4.78, 5) is 0. The number of rotatable bonds is 3. The molecule has 2 saturated carbocycles. The minimum Gasteiger partial charge on any atom is -0.399 e. The van der Waals surface area contributed by atoms with Crippen LogP contribution in [0.2, 0.25) is 10.0 Å². The van der Waals surface area contributed by atoms with Crippen molar-refractivity contribution in [2.24, 2.45) is 17.8 Å². The smallest absolute Gasteiger partial charge is 0.0720 e. The number of nitrogen functional groups attached to an aromatic ring is 1. The number of fused-ring (bicyclic) bond motifs is 2. The molecule has 98 valence electrons. The van der Waals surface area contributed by atoms with E-state index in [4.69, 9.17) is 28.9 Å². The van der Waals surface area contributed by atoms with E-state index in [1.165, 1.54) is 25.7 Å². The average Bonchev–Trinajstić information content (AvgIpc) is 2.89. The Kier molecular flexibility index (Phi) is 3.33. The second kappa shape index (κ2) is 4.82. The van der Waals surface area contributed by atoms with Crippen molar-refractivity contribution < 1.29 is 0 Å². The van der Waals surface area contributed by atoms with Crippen LogP contribution >= 0.6 is 23.2 Å². The molecule has 0 aromatic heterocycles. The molecular formula is C14H18Cl2N2. The van der Waals surface area contributed by atoms with E-state index in [-0.39, 0.29) is 0 Å². The van der Waals surface area contributed by atoms with Crippen LogP contribution in [0.25, 0.3) is 0 Å². The summed E-state index contributed by atoms with van der Waals surface area (Å²) in [5.74, 6) is 2.67. The molecule has 3 N–H and O–H groups in total. The minimum atomic E-state index is 0.607. The van der Waals surface area contributed by atoms with Crippen molar-refractivity contribution in [3.63, 3.8) is 0 Å². The molecule has 18 heavy (non-hydrogen) atoms. The predicted molar refractivity (Wildman–Crippen MR) is 78.3 cm³/mol. The van der Waals surface area contributed by atoms with Crippen LogP contribution in [0.3, 0.4) is 0 Å². The lowest BCUT2D eigenvalue weighted by atomic mass is 9.89. The molecule has 2 nitrogen and oxygen atoms in total. The summed E-state index contributed by atoms with van der Waals surface area (Å²) in [5.41, 5.74) is 7.14. The van der Waals surface area contributed by atoms with E-state index in [1.54, 1.807) is 12.1 Å². The van der Waals surface area contributed by atoms with E-state index in [0.29, 0.717) is 15.7 Å². The van der Waals surface area contributed by atoms with Gasteiger partial charge in [0.25, 0.3) is 0 Å². The highest BCUT2D eigenvalue weighted by Gasteiger charge is 2.39. The molecule has 2 fully saturated rings. The van der Waals surface area contributed by atoms with Crippen molar-refractivity contribution in [2.45, 2.75) is 25.7 Å². The highest BCUT2D eigenvalue weighted by atomic mass is 35.5. The van der Waals surface area contributed by atoms with Gasteiger partial charge in [0.05, 0.1) is 15.7 Å². The van der Waals surface area contributed by atoms with Gasteiger partial charge in [0.1, 0.15) is 0 Å². The predicted octanol–water partition coefficient (Wildman–Crippen LogP) is 4.42. The van der Waals surface area contributed by atoms with Crippen LogP contribution in [0.5, 0.6) is 0 Å². The summed E-state index contributed by atoms with van der Waals surface area (Å²) in [6, 6.07) is 3.49. The van der Waals surface area contributed by atoms with E-state index in [0.717, 1.165) is 30.0 Å². The SMILES string of the molecule is Nc1cc(Cl)c(NCC2CC3CCC2C3)c(Cl)c1. The van der Waals surface area contributed by atoms with Crippen LogP contribution in [0, 0.1) is 17.8 Å². The van der Waals surface area contributed by atoms with Crippen LogP contribution in [0.15, 0.2) is 12.1 Å². The van der Waals surface area contributed by atoms with E-state index in [9.17, 15) is 0 Å². The molecule has 0 aliphatic heterocycles. The Morgan fingerprint density at radius 3 is 2.44 bits per heavy atom. The lowest BCUT2D eigenvalue weighted by Gasteiger charge is -2.23. The average molecular weight is 285 g/mol. The number of halogens is 2. The second-order valence-corrected chi connectivity index (χ2v) is 6.49. The van der Waals surface area contributed by atoms with E-state index >= 15 is 0 Å². The third-order valence-electron chi connectivity index (χ3n) is 4.49. The Bertz CT molecular complexity index is 438. The van der Waals surface area contributed by atoms with Gasteiger partial charge < -0.3 is 11.1 Å². The molecule has 0 saturated heterocycles. The van der Waals surface area contributed by atoms with Crippen LogP contribution in [0.4, 0.5) is 11.4 Å². The zero-order chi connectivity index (χ0) is 12.7. The van der Waals surface area contributed by atoms with Crippen molar-refractivity contribution in [3.05, 3.63) is 22.2 Å². The normalized spacial score (nSPS) is 29.8. The fourth-order valence-corrected chi connectivity index (χ4v) is 4.26. The van der Waals surface area contributed by atoms with Crippen LogP contribution in [-0.4, -0.2) is 6.54 Å². The van der Waals surface area contributed by atoms with Gasteiger partial charge in [0, 0.05) is 12.2 Å². The highest BCUT2D eigenvalue weighted by molar-refractivity contribution is 6.39. The monoisotopic (exact) mass is 284 g/mol. The number of hydrogen-bond acceptors (Lipinski definition) is 2. The van der Waals surface area contributed by atoms with Crippen LogP contribution in [0.1, 0.15) is 25.7 Å². The third kappa shape index (κ3) is 2.28. The summed E-state index contributed by atoms with van der Waals surface area (Å²) < 4.78 is 0. The molecular weight excluding hydrogens is 267 g/mol. The molecule has 3 unspecified atom stereocenters. The van der Waals surface area contributed by atoms with Crippen LogP contribution < -0.4 is 11.1 Å². The van der Waals surface area contributed by atoms with Crippen molar-refractivity contribution in [1.29, 1.82) is 0 Å². The van der Waals surface area contributed by atoms with Gasteiger partial charge >= 0.3 is 0 Å². The summed E-state index contributed by atoms with van der Waals surface area (Å²) in [5, 5.41) is 4.64. The van der Waals surface area contributed by atoms with Gasteiger partial charge in [-0.15, -0.1) is 0 Å². The van der Waals surface area contributed by atoms with Crippen molar-refractivity contribution in [3.8, 4) is 0 Å². The second-order valence-electron chi connectivity index (χ2n) is 5.68. The first-order chi connectivity index (χ1) is 8.63. The van der Waals surface area contributed by atoms with Gasteiger partial charge in [0.15, 0.2) is 0 Å². The van der Waals surface area contributed by atoms with Gasteiger partial charge in [-0.25, -0.2) is 0 Å². The molecule has 0 radical (unpaired) electrons. The fraction of sp³-hybridized carbons (Fsp3) is 0.571. The maximum atomic E-state index is 6.17. The van der Waals surface area contributed by atoms with Crippen molar-refractivity contribution >= 4 is 34.6 Å². The maximum absolute atomic E-state index is 6.17. The topological polar surface area (TPSA) is 38.0 Å². The van der Waals surface area contributed by atoms with E-state index < -0.39 is 0 Å². The molecule has 2 aliphatic carbocycles. The van der Waals surface area contributed by atoms with Gasteiger partial charge in [0.2, 0.25) is 0 Å². The molecule has 4 heteroatoms. The quantitative estimate of drug-likeness (QED) is 0.806. The summed E-state index contributed by atoms with van der Waals surface area (Å²) >= 11 is 12.3. The Hall–Kier alpha value is -0.600. The molecule has 0 heterocycles. The van der Waals surface area contributed by atoms with Gasteiger partial charge in [-0.1, -0.05) is 29.6 Å². The van der Waals surface area contributed by atoms with E-state index in [1.807, 2.05) is 0 Å². The van der Waals surface area contributed by atoms with E-state index in [2.05, 4.69) is 5.32 Å². The highest BCUT2D eigenvalue weighted by Crippen LogP contribution is 2.48.